The zero-order valence-electron chi connectivity index (χ0n) is 20.2. The Morgan fingerprint density at radius 3 is 2.54 bits per heavy atom. The van der Waals surface area contributed by atoms with Gasteiger partial charge in [0.05, 0.1) is 15.8 Å². The highest BCUT2D eigenvalue weighted by molar-refractivity contribution is 7.12. The Balaban J connectivity index is 0.989. The van der Waals surface area contributed by atoms with E-state index in [0.29, 0.717) is 17.7 Å². The summed E-state index contributed by atoms with van der Waals surface area (Å²) in [5.41, 5.74) is 1.13. The van der Waals surface area contributed by atoms with Crippen molar-refractivity contribution < 1.29 is 14.3 Å². The molecule has 1 aromatic heterocycles. The van der Waals surface area contributed by atoms with Gasteiger partial charge in [0.25, 0.3) is 0 Å². The number of carbonyl (C=O) groups excluding carboxylic acids is 2. The number of halogens is 1. The molecular weight excluding hydrogens is 480 g/mol. The molecule has 0 radical (unpaired) electrons. The van der Waals surface area contributed by atoms with Gasteiger partial charge in [0, 0.05) is 12.0 Å². The minimum absolute atomic E-state index is 0.0896. The number of ketones is 1. The predicted octanol–water partition coefficient (Wildman–Crippen LogP) is 5.61. The fraction of sp³-hybridized carbons (Fsp3) is 0.571. The van der Waals surface area contributed by atoms with E-state index in [1.807, 2.05) is 29.6 Å². The number of thiophene rings is 1. The van der Waals surface area contributed by atoms with Gasteiger partial charge in [-0.1, -0.05) is 29.8 Å². The lowest BCUT2D eigenvalue weighted by molar-refractivity contribution is -0.127. The first-order valence-electron chi connectivity index (χ1n) is 13.1. The van der Waals surface area contributed by atoms with Crippen molar-refractivity contribution in [3.63, 3.8) is 0 Å². The van der Waals surface area contributed by atoms with Crippen molar-refractivity contribution in [2.75, 3.05) is 26.2 Å². The number of ether oxygens (including phenoxy) is 1. The van der Waals surface area contributed by atoms with Crippen LogP contribution in [0.2, 0.25) is 5.02 Å². The van der Waals surface area contributed by atoms with Crippen LogP contribution in [0.25, 0.3) is 0 Å². The van der Waals surface area contributed by atoms with E-state index in [1.54, 1.807) is 0 Å². The molecule has 2 aromatic rings. The fourth-order valence-corrected chi connectivity index (χ4v) is 7.02. The van der Waals surface area contributed by atoms with Crippen LogP contribution >= 0.6 is 22.9 Å². The number of likely N-dealkylation sites (tertiary alicyclic amines) is 1. The van der Waals surface area contributed by atoms with Crippen LogP contribution in [0.1, 0.15) is 60.2 Å². The first kappa shape index (κ1) is 24.8. The predicted molar refractivity (Wildman–Crippen MR) is 140 cm³/mol. The van der Waals surface area contributed by atoms with Gasteiger partial charge in [-0.3, -0.25) is 9.59 Å². The highest BCUT2D eigenvalue weighted by Crippen LogP contribution is 2.32. The Bertz CT molecular complexity index is 1020. The molecule has 0 bridgehead atoms. The van der Waals surface area contributed by atoms with Gasteiger partial charge in [-0.05, 0) is 100.0 Å². The average Bonchev–Trinajstić information content (AvgIpc) is 3.33. The second-order valence-electron chi connectivity index (χ2n) is 10.4. The van der Waals surface area contributed by atoms with Crippen molar-refractivity contribution in [2.45, 2.75) is 57.4 Å². The van der Waals surface area contributed by atoms with Gasteiger partial charge < -0.3 is 15.0 Å². The third-order valence-corrected chi connectivity index (χ3v) is 9.45. The van der Waals surface area contributed by atoms with Crippen LogP contribution in [-0.4, -0.2) is 48.9 Å². The lowest BCUT2D eigenvalue weighted by atomic mass is 9.83. The number of nitrogens with zero attached hydrogens (tertiary/aromatic N) is 1. The number of para-hydroxylation sites is 1. The second kappa shape index (κ2) is 11.4. The Morgan fingerprint density at radius 2 is 1.80 bits per heavy atom. The Hall–Kier alpha value is -1.89. The van der Waals surface area contributed by atoms with Crippen molar-refractivity contribution in [3.05, 3.63) is 51.2 Å². The smallest absolute Gasteiger partial charge is 0.227 e. The number of amides is 1. The van der Waals surface area contributed by atoms with Crippen molar-refractivity contribution in [2.24, 2.45) is 17.8 Å². The molecule has 1 saturated carbocycles. The Morgan fingerprint density at radius 1 is 1.03 bits per heavy atom. The number of carbonyl (C=O) groups is 2. The van der Waals surface area contributed by atoms with Crippen LogP contribution in [0.15, 0.2) is 35.7 Å². The number of nitrogens with one attached hydrogen (secondary N) is 1. The zero-order chi connectivity index (χ0) is 24.2. The molecule has 1 unspecified atom stereocenters. The van der Waals surface area contributed by atoms with E-state index in [1.165, 1.54) is 30.6 Å². The highest BCUT2D eigenvalue weighted by Gasteiger charge is 2.30. The number of fused-ring (bicyclic) bond motifs is 1. The first-order valence-corrected chi connectivity index (χ1v) is 14.3. The minimum Gasteiger partial charge on any atom is -0.492 e. The molecule has 3 heterocycles. The summed E-state index contributed by atoms with van der Waals surface area (Å²) in [6, 6.07) is 10.1. The molecule has 3 aliphatic rings. The van der Waals surface area contributed by atoms with Crippen molar-refractivity contribution in [3.8, 4) is 5.75 Å². The number of hydrogen-bond donors (Lipinski definition) is 1. The number of benzene rings is 1. The van der Waals surface area contributed by atoms with Gasteiger partial charge in [-0.25, -0.2) is 0 Å². The van der Waals surface area contributed by atoms with E-state index in [9.17, 15) is 9.59 Å². The standard InChI is InChI=1S/C28H35ClN2O3S/c29-24-12-16-35-27(24)26(32)20-10-14-31(15-11-20)13-9-19-5-7-23(8-6-19)30-28(33)22-17-21-3-1-2-4-25(21)34-18-22/h1-4,12,16,19-20,22-23H,5-11,13-15,17-18H2,(H,30,33)/t19-,22?,23-. The summed E-state index contributed by atoms with van der Waals surface area (Å²) in [6.45, 7) is 3.58. The van der Waals surface area contributed by atoms with E-state index in [2.05, 4.69) is 16.3 Å². The van der Waals surface area contributed by atoms with E-state index in [4.69, 9.17) is 16.3 Å². The molecule has 1 saturated heterocycles. The summed E-state index contributed by atoms with van der Waals surface area (Å²) in [5, 5.41) is 5.81. The molecular formula is C28H35ClN2O3S. The summed E-state index contributed by atoms with van der Waals surface area (Å²) < 4.78 is 5.81. The number of hydrogen-bond acceptors (Lipinski definition) is 5. The van der Waals surface area contributed by atoms with Gasteiger partial charge in [0.2, 0.25) is 5.91 Å². The van der Waals surface area contributed by atoms with E-state index >= 15 is 0 Å². The van der Waals surface area contributed by atoms with Crippen LogP contribution in [0, 0.1) is 17.8 Å². The quantitative estimate of drug-likeness (QED) is 0.488. The van der Waals surface area contributed by atoms with Crippen LogP contribution in [0.4, 0.5) is 0 Å². The van der Waals surface area contributed by atoms with Gasteiger partial charge >= 0.3 is 0 Å². The van der Waals surface area contributed by atoms with Gasteiger partial charge in [0.15, 0.2) is 5.78 Å². The topological polar surface area (TPSA) is 58.6 Å². The maximum absolute atomic E-state index is 12.8. The van der Waals surface area contributed by atoms with E-state index in [-0.39, 0.29) is 23.5 Å². The van der Waals surface area contributed by atoms with Crippen LogP contribution in [0.3, 0.4) is 0 Å². The van der Waals surface area contributed by atoms with Gasteiger partial charge in [0.1, 0.15) is 12.4 Å². The number of piperidine rings is 1. The summed E-state index contributed by atoms with van der Waals surface area (Å²) in [7, 11) is 0. The van der Waals surface area contributed by atoms with Gasteiger partial charge in [-0.15, -0.1) is 11.3 Å². The molecule has 5 nitrogen and oxygen atoms in total. The molecule has 5 rings (SSSR count). The molecule has 188 valence electrons. The van der Waals surface area contributed by atoms with Crippen molar-refractivity contribution in [1.29, 1.82) is 0 Å². The largest absolute Gasteiger partial charge is 0.492 e. The number of Topliss-reactive ketones (excluding diaryl/α,β-unsaturated/α-hetero) is 1. The minimum atomic E-state index is -0.0896. The summed E-state index contributed by atoms with van der Waals surface area (Å²) in [5.74, 6) is 2.05. The van der Waals surface area contributed by atoms with Crippen molar-refractivity contribution >= 4 is 34.6 Å². The third-order valence-electron chi connectivity index (χ3n) is 8.10. The molecule has 1 amide bonds. The third kappa shape index (κ3) is 6.10. The van der Waals surface area contributed by atoms with Crippen molar-refractivity contribution in [1.82, 2.24) is 10.2 Å². The SMILES string of the molecule is O=C(N[C@H]1CC[C@H](CCN2CCC(C(=O)c3sccc3Cl)CC2)CC1)C1COc2ccccc2C1. The second-order valence-corrected chi connectivity index (χ2v) is 11.7. The van der Waals surface area contributed by atoms with E-state index in [0.717, 1.165) is 73.8 Å². The maximum atomic E-state index is 12.8. The van der Waals surface area contributed by atoms with Crippen LogP contribution in [0.5, 0.6) is 5.75 Å². The monoisotopic (exact) mass is 514 g/mol. The molecule has 2 aliphatic heterocycles. The molecule has 2 fully saturated rings. The molecule has 7 heteroatoms. The average molecular weight is 515 g/mol. The summed E-state index contributed by atoms with van der Waals surface area (Å²) in [6.07, 6.45) is 8.34. The van der Waals surface area contributed by atoms with Crippen LogP contribution in [-0.2, 0) is 11.2 Å². The number of rotatable bonds is 7. The van der Waals surface area contributed by atoms with Crippen LogP contribution < -0.4 is 10.1 Å². The molecule has 1 aromatic carbocycles. The zero-order valence-corrected chi connectivity index (χ0v) is 21.8. The Kier molecular flexibility index (Phi) is 8.11. The Labute approximate surface area is 217 Å². The summed E-state index contributed by atoms with van der Waals surface area (Å²) >= 11 is 7.63. The first-order chi connectivity index (χ1) is 17.1. The normalized spacial score (nSPS) is 25.5. The van der Waals surface area contributed by atoms with E-state index < -0.39 is 0 Å². The molecule has 0 spiro atoms. The molecule has 1 aliphatic carbocycles. The lowest BCUT2D eigenvalue weighted by Gasteiger charge is -2.34. The highest BCUT2D eigenvalue weighted by atomic mass is 35.5. The lowest BCUT2D eigenvalue weighted by Crippen LogP contribution is -2.44. The summed E-state index contributed by atoms with van der Waals surface area (Å²) in [4.78, 5) is 28.8. The fourth-order valence-electron chi connectivity index (χ4n) is 5.85. The molecule has 35 heavy (non-hydrogen) atoms. The van der Waals surface area contributed by atoms with Gasteiger partial charge in [-0.2, -0.15) is 0 Å². The molecule has 1 atom stereocenters. The molecule has 1 N–H and O–H groups in total. The maximum Gasteiger partial charge on any atom is 0.227 e.